The molecule has 0 aromatic heterocycles. The van der Waals surface area contributed by atoms with E-state index < -0.39 is 11.9 Å². The third kappa shape index (κ3) is 863. The predicted molar refractivity (Wildman–Crippen MR) is 23.5 cm³/mol. The Morgan fingerprint density at radius 3 is 1.00 bits per heavy atom. The molecule has 0 saturated carbocycles. The van der Waals surface area contributed by atoms with Crippen molar-refractivity contribution in [1.82, 2.24) is 6.15 Å². The molecule has 0 spiro atoms. The molecule has 0 saturated heterocycles. The number of carboxylic acids is 2. The van der Waals surface area contributed by atoms with Gasteiger partial charge in [-0.2, -0.15) is 0 Å². The van der Waals surface area contributed by atoms with E-state index in [1.54, 1.807) is 0 Å². The first-order valence-corrected chi connectivity index (χ1v) is 1.82. The van der Waals surface area contributed by atoms with Gasteiger partial charge in [-0.3, -0.25) is 0 Å². The third-order valence-corrected chi connectivity index (χ3v) is 0. The average molecular weight is 191 g/mol. The molecule has 60 valence electrons. The molecule has 0 unspecified atom stereocenters. The van der Waals surface area contributed by atoms with Gasteiger partial charge in [0.15, 0.2) is 0 Å². The Morgan fingerprint density at radius 1 is 1.00 bits per heavy atom. The standard InChI is InChI=1S/2C2H4O2.Co.N/c2*1-2(3)4;;/h2*1H3,(H,3,4);;/q;;+2;/p-2. The monoisotopic (exact) mass is 191 g/mol. The zero-order valence-electron chi connectivity index (χ0n) is 5.41. The smallest absolute Gasteiger partial charge is 0.550 e. The van der Waals surface area contributed by atoms with Crippen LogP contribution in [0.5, 0.6) is 0 Å². The molecule has 0 aliphatic carbocycles. The molecule has 0 fully saturated rings. The van der Waals surface area contributed by atoms with E-state index in [1.165, 1.54) is 0 Å². The molecular weight excluding hydrogens is 185 g/mol. The number of hydrogen-bond acceptors (Lipinski definition) is 4. The molecule has 0 bridgehead atoms. The van der Waals surface area contributed by atoms with Crippen LogP contribution in [0, 0.1) is 0 Å². The molecule has 0 heterocycles. The summed E-state index contributed by atoms with van der Waals surface area (Å²) in [6.45, 7) is 1.94. The number of carbonyl (C=O) groups excluding carboxylic acids is 2. The van der Waals surface area contributed by atoms with Crippen LogP contribution in [-0.4, -0.2) is 11.9 Å². The maximum atomic E-state index is 8.89. The summed E-state index contributed by atoms with van der Waals surface area (Å²) in [4.78, 5) is 17.8. The first-order chi connectivity index (χ1) is 3.46. The molecule has 0 amide bonds. The van der Waals surface area contributed by atoms with Crippen molar-refractivity contribution in [3.63, 3.8) is 0 Å². The summed E-state index contributed by atoms with van der Waals surface area (Å²) < 4.78 is 0. The summed E-state index contributed by atoms with van der Waals surface area (Å²) in [6, 6.07) is 0. The van der Waals surface area contributed by atoms with Gasteiger partial charge in [0.05, 0.1) is 0 Å². The number of aliphatic carboxylic acids is 2. The van der Waals surface area contributed by atoms with Gasteiger partial charge in [-0.15, -0.1) is 0 Å². The van der Waals surface area contributed by atoms with Gasteiger partial charge < -0.3 is 19.8 Å². The normalized spacial score (nSPS) is 5.00. The summed E-state index contributed by atoms with van der Waals surface area (Å²) in [5, 5.41) is 17.8. The fourth-order valence-electron chi connectivity index (χ4n) is 0. The Bertz CT molecular complexity index is 75.3. The molecule has 10 heavy (non-hydrogen) atoms. The Balaban J connectivity index is -0.0000000300. The molecule has 4 radical (unpaired) electrons. The minimum Gasteiger partial charge on any atom is -0.550 e. The van der Waals surface area contributed by atoms with Crippen LogP contribution in [0.2, 0.25) is 0 Å². The summed E-state index contributed by atoms with van der Waals surface area (Å²) in [5.74, 6) is -2.17. The van der Waals surface area contributed by atoms with Crippen LogP contribution in [0.25, 0.3) is 0 Å². The van der Waals surface area contributed by atoms with Crippen LogP contribution >= 0.6 is 0 Å². The van der Waals surface area contributed by atoms with E-state index in [2.05, 4.69) is 0 Å². The maximum Gasteiger partial charge on any atom is 2.00 e. The minimum atomic E-state index is -1.08. The summed E-state index contributed by atoms with van der Waals surface area (Å²) in [7, 11) is 0. The third-order valence-electron chi connectivity index (χ3n) is 0. The quantitative estimate of drug-likeness (QED) is 0.406. The van der Waals surface area contributed by atoms with E-state index in [0.717, 1.165) is 13.8 Å². The van der Waals surface area contributed by atoms with E-state index in [0.29, 0.717) is 0 Å². The predicted octanol–water partition coefficient (Wildman–Crippen LogP) is -2.97. The Kier molecular flexibility index (Phi) is 35.9. The second kappa shape index (κ2) is 15.8. The molecule has 0 atom stereocenters. The average Bonchev–Trinajstić information content (AvgIpc) is 1.25. The van der Waals surface area contributed by atoms with Crippen LogP contribution in [0.15, 0.2) is 0 Å². The van der Waals surface area contributed by atoms with E-state index >= 15 is 0 Å². The number of carbonyl (C=O) groups is 2. The maximum absolute atomic E-state index is 8.89. The van der Waals surface area contributed by atoms with Gasteiger partial charge >= 0.3 is 16.8 Å². The van der Waals surface area contributed by atoms with Crippen molar-refractivity contribution in [2.75, 3.05) is 0 Å². The number of rotatable bonds is 0. The van der Waals surface area contributed by atoms with Crippen LogP contribution in [-0.2, 0) is 26.4 Å². The van der Waals surface area contributed by atoms with Crippen molar-refractivity contribution in [3.05, 3.63) is 0 Å². The van der Waals surface area contributed by atoms with Crippen LogP contribution < -0.4 is 16.4 Å². The first kappa shape index (κ1) is 22.7. The molecule has 0 rings (SSSR count). The van der Waals surface area contributed by atoms with E-state index in [-0.39, 0.29) is 22.9 Å². The molecule has 6 heteroatoms. The van der Waals surface area contributed by atoms with Crippen molar-refractivity contribution < 1.29 is 36.6 Å². The van der Waals surface area contributed by atoms with Gasteiger partial charge in [-0.1, -0.05) is 0 Å². The van der Waals surface area contributed by atoms with Crippen molar-refractivity contribution in [2.45, 2.75) is 13.8 Å². The van der Waals surface area contributed by atoms with E-state index in [4.69, 9.17) is 19.8 Å². The Morgan fingerprint density at radius 2 is 1.00 bits per heavy atom. The van der Waals surface area contributed by atoms with Gasteiger partial charge in [0, 0.05) is 18.1 Å². The van der Waals surface area contributed by atoms with Crippen molar-refractivity contribution in [3.8, 4) is 0 Å². The summed E-state index contributed by atoms with van der Waals surface area (Å²) in [6.07, 6.45) is 0. The van der Waals surface area contributed by atoms with Gasteiger partial charge in [0.1, 0.15) is 0 Å². The van der Waals surface area contributed by atoms with Crippen molar-refractivity contribution in [2.24, 2.45) is 0 Å². The van der Waals surface area contributed by atoms with E-state index in [9.17, 15) is 0 Å². The topological polar surface area (TPSA) is 111 Å². The SMILES string of the molecule is CC(=O)[O-].CC(=O)[O-].[Co+2].[N]. The fourth-order valence-corrected chi connectivity index (χ4v) is 0. The molecule has 0 aliphatic rings. The fraction of sp³-hybridized carbons (Fsp3) is 0.500. The van der Waals surface area contributed by atoms with Gasteiger partial charge in [-0.05, 0) is 13.8 Å². The molecule has 0 aromatic rings. The van der Waals surface area contributed by atoms with Crippen LogP contribution in [0.1, 0.15) is 13.8 Å². The Labute approximate surface area is 69.2 Å². The van der Waals surface area contributed by atoms with Crippen molar-refractivity contribution in [1.29, 1.82) is 0 Å². The number of nitrogens with zero attached hydrogens (tertiary/aromatic N) is 1. The second-order valence-electron chi connectivity index (χ2n) is 0.983. The molecule has 0 aliphatic heterocycles. The largest absolute Gasteiger partial charge is 2.00 e. The Hall–Kier alpha value is -0.594. The van der Waals surface area contributed by atoms with Crippen LogP contribution in [0.3, 0.4) is 0 Å². The molecule has 0 N–H and O–H groups in total. The van der Waals surface area contributed by atoms with Crippen LogP contribution in [0.4, 0.5) is 0 Å². The van der Waals surface area contributed by atoms with Gasteiger partial charge in [0.25, 0.3) is 0 Å². The number of carboxylic acid groups (broad SMARTS) is 2. The van der Waals surface area contributed by atoms with E-state index in [1.807, 2.05) is 0 Å². The van der Waals surface area contributed by atoms with Gasteiger partial charge in [0.2, 0.25) is 0 Å². The van der Waals surface area contributed by atoms with Crippen molar-refractivity contribution >= 4 is 11.9 Å². The minimum absolute atomic E-state index is 0. The second-order valence-corrected chi connectivity index (χ2v) is 0.983. The summed E-state index contributed by atoms with van der Waals surface area (Å²) >= 11 is 0. The zero-order chi connectivity index (χ0) is 7.15. The number of hydrogen-bond donors (Lipinski definition) is 0. The summed E-state index contributed by atoms with van der Waals surface area (Å²) in [5.41, 5.74) is 0. The first-order valence-electron chi connectivity index (χ1n) is 1.82. The molecular formula is C4H6CoNO4. The zero-order valence-corrected chi connectivity index (χ0v) is 6.45. The van der Waals surface area contributed by atoms with Gasteiger partial charge in [-0.25, -0.2) is 0 Å². The molecule has 5 nitrogen and oxygen atoms in total. The molecule has 0 aromatic carbocycles.